The predicted molar refractivity (Wildman–Crippen MR) is 135 cm³/mol. The molecule has 3 fully saturated rings. The Morgan fingerprint density at radius 1 is 0.853 bits per heavy atom. The normalized spacial score (nSPS) is 21.1. The number of aromatic nitrogens is 5. The second kappa shape index (κ2) is 8.39. The molecular weight excluding hydrogens is 551 g/mol. The topological polar surface area (TPSA) is 63.0 Å². The lowest BCUT2D eigenvalue weighted by Crippen LogP contribution is -2.40. The summed E-state index contributed by atoms with van der Waals surface area (Å²) >= 11 is 2.36. The molecule has 0 atom stereocenters. The summed E-state index contributed by atoms with van der Waals surface area (Å²) in [7, 11) is 0. The maximum Gasteiger partial charge on any atom is 0.251 e. The summed E-state index contributed by atoms with van der Waals surface area (Å²) in [6, 6.07) is 6.44. The molecule has 0 radical (unpaired) electrons. The lowest BCUT2D eigenvalue weighted by atomic mass is 9.93. The first-order chi connectivity index (χ1) is 16.4. The fourth-order valence-electron chi connectivity index (χ4n) is 5.03. The third-order valence-electron chi connectivity index (χ3n) is 7.48. The largest absolute Gasteiger partial charge is 0.370 e. The SMILES string of the molecule is FC1(F)CCN(c2ncnc(-c3cnn(-c4ccc(I)cc4N4CCC5(CC4)CC5)c3)n2)CC1. The van der Waals surface area contributed by atoms with Crippen LogP contribution in [-0.2, 0) is 0 Å². The van der Waals surface area contributed by atoms with E-state index in [4.69, 9.17) is 0 Å². The third-order valence-corrected chi connectivity index (χ3v) is 8.15. The predicted octanol–water partition coefficient (Wildman–Crippen LogP) is 4.94. The van der Waals surface area contributed by atoms with Crippen LogP contribution < -0.4 is 9.80 Å². The molecular formula is C24H26F2IN7. The lowest BCUT2D eigenvalue weighted by molar-refractivity contribution is -0.0222. The van der Waals surface area contributed by atoms with Crippen LogP contribution in [0.25, 0.3) is 17.1 Å². The Morgan fingerprint density at radius 2 is 1.59 bits per heavy atom. The second-order valence-corrected chi connectivity index (χ2v) is 11.0. The van der Waals surface area contributed by atoms with E-state index in [1.807, 2.05) is 10.9 Å². The van der Waals surface area contributed by atoms with Gasteiger partial charge in [0.2, 0.25) is 5.95 Å². The van der Waals surface area contributed by atoms with Gasteiger partial charge in [0.05, 0.1) is 23.1 Å². The number of halogens is 3. The van der Waals surface area contributed by atoms with Gasteiger partial charge in [-0.25, -0.2) is 23.4 Å². The zero-order valence-corrected chi connectivity index (χ0v) is 21.0. The van der Waals surface area contributed by atoms with Crippen molar-refractivity contribution >= 4 is 34.2 Å². The smallest absolute Gasteiger partial charge is 0.251 e. The van der Waals surface area contributed by atoms with Gasteiger partial charge in [0.25, 0.3) is 5.92 Å². The minimum Gasteiger partial charge on any atom is -0.370 e. The molecule has 1 aromatic carbocycles. The Bertz CT molecular complexity index is 1190. The number of nitrogens with zero attached hydrogens (tertiary/aromatic N) is 7. The fourth-order valence-corrected chi connectivity index (χ4v) is 5.50. The quantitative estimate of drug-likeness (QED) is 0.410. The molecule has 0 amide bonds. The molecule has 34 heavy (non-hydrogen) atoms. The van der Waals surface area contributed by atoms with Crippen molar-refractivity contribution < 1.29 is 8.78 Å². The van der Waals surface area contributed by atoms with Gasteiger partial charge in [0, 0.05) is 48.8 Å². The number of hydrogen-bond acceptors (Lipinski definition) is 6. The van der Waals surface area contributed by atoms with Crippen molar-refractivity contribution in [2.75, 3.05) is 36.0 Å². The van der Waals surface area contributed by atoms with Crippen molar-refractivity contribution in [2.24, 2.45) is 5.41 Å². The molecule has 3 aliphatic rings. The number of benzene rings is 1. The van der Waals surface area contributed by atoms with E-state index in [0.717, 1.165) is 24.3 Å². The van der Waals surface area contributed by atoms with Gasteiger partial charge in [0.1, 0.15) is 6.33 Å². The van der Waals surface area contributed by atoms with Crippen molar-refractivity contribution in [3.8, 4) is 17.1 Å². The van der Waals surface area contributed by atoms with Gasteiger partial charge in [-0.15, -0.1) is 0 Å². The van der Waals surface area contributed by atoms with E-state index in [0.29, 0.717) is 17.2 Å². The van der Waals surface area contributed by atoms with E-state index in [9.17, 15) is 8.78 Å². The van der Waals surface area contributed by atoms with Gasteiger partial charge in [-0.05, 0) is 71.9 Å². The second-order valence-electron chi connectivity index (χ2n) is 9.75. The molecule has 2 aromatic heterocycles. The van der Waals surface area contributed by atoms with Crippen molar-refractivity contribution in [1.82, 2.24) is 24.7 Å². The first-order valence-corrected chi connectivity index (χ1v) is 12.9. The molecule has 178 valence electrons. The summed E-state index contributed by atoms with van der Waals surface area (Å²) in [5.74, 6) is -1.67. The van der Waals surface area contributed by atoms with Crippen LogP contribution in [0.5, 0.6) is 0 Å². The summed E-state index contributed by atoms with van der Waals surface area (Å²) in [5, 5.41) is 4.62. The Morgan fingerprint density at radius 3 is 2.32 bits per heavy atom. The molecule has 0 bridgehead atoms. The van der Waals surface area contributed by atoms with E-state index in [-0.39, 0.29) is 25.9 Å². The molecule has 2 aliphatic heterocycles. The molecule has 1 aliphatic carbocycles. The van der Waals surface area contributed by atoms with E-state index >= 15 is 0 Å². The average molecular weight is 577 g/mol. The van der Waals surface area contributed by atoms with Crippen LogP contribution in [0, 0.1) is 8.99 Å². The summed E-state index contributed by atoms with van der Waals surface area (Å²) in [6.07, 6.45) is 10.1. The van der Waals surface area contributed by atoms with Crippen molar-refractivity contribution in [3.63, 3.8) is 0 Å². The number of hydrogen-bond donors (Lipinski definition) is 0. The summed E-state index contributed by atoms with van der Waals surface area (Å²) in [6.45, 7) is 2.62. The van der Waals surface area contributed by atoms with Crippen LogP contribution in [0.1, 0.15) is 38.5 Å². The number of rotatable bonds is 4. The zero-order chi connectivity index (χ0) is 23.3. The highest BCUT2D eigenvalue weighted by atomic mass is 127. The minimum absolute atomic E-state index is 0.181. The Balaban J connectivity index is 1.25. The Hall–Kier alpha value is -2.37. The first-order valence-electron chi connectivity index (χ1n) is 11.8. The molecule has 4 heterocycles. The number of alkyl halides is 2. The standard InChI is InChI=1S/C24H26F2IN7/c25-24(26)7-11-33(12-8-24)22-29-16-28-21(31-22)17-14-30-34(15-17)19-2-1-18(27)13-20(19)32-9-5-23(3-4-23)6-10-32/h1-2,13-16H,3-12H2. The maximum atomic E-state index is 13.5. The summed E-state index contributed by atoms with van der Waals surface area (Å²) in [4.78, 5) is 17.4. The molecule has 1 saturated carbocycles. The van der Waals surface area contributed by atoms with Crippen LogP contribution in [0.15, 0.2) is 36.9 Å². The highest BCUT2D eigenvalue weighted by Crippen LogP contribution is 2.54. The average Bonchev–Trinajstić information content (AvgIpc) is 3.40. The monoisotopic (exact) mass is 577 g/mol. The van der Waals surface area contributed by atoms with Crippen LogP contribution in [0.3, 0.4) is 0 Å². The van der Waals surface area contributed by atoms with Gasteiger partial charge in [0.15, 0.2) is 5.82 Å². The molecule has 10 heteroatoms. The lowest BCUT2D eigenvalue weighted by Gasteiger charge is -2.35. The van der Waals surface area contributed by atoms with Gasteiger partial charge in [-0.3, -0.25) is 0 Å². The number of anilines is 2. The molecule has 0 N–H and O–H groups in total. The molecule has 6 rings (SSSR count). The molecule has 3 aromatic rings. The zero-order valence-electron chi connectivity index (χ0n) is 18.8. The first kappa shape index (κ1) is 22.1. The highest BCUT2D eigenvalue weighted by Gasteiger charge is 2.44. The van der Waals surface area contributed by atoms with Crippen LogP contribution in [0.2, 0.25) is 0 Å². The molecule has 7 nitrogen and oxygen atoms in total. The molecule has 1 spiro atoms. The minimum atomic E-state index is -2.60. The Kier molecular flexibility index (Phi) is 5.45. The van der Waals surface area contributed by atoms with Crippen LogP contribution in [0.4, 0.5) is 20.4 Å². The van der Waals surface area contributed by atoms with Crippen LogP contribution >= 0.6 is 22.6 Å². The molecule has 2 saturated heterocycles. The van der Waals surface area contributed by atoms with E-state index < -0.39 is 5.92 Å². The summed E-state index contributed by atoms with van der Waals surface area (Å²) < 4.78 is 30.2. The van der Waals surface area contributed by atoms with Crippen LogP contribution in [-0.4, -0.2) is 56.8 Å². The van der Waals surface area contributed by atoms with E-state index in [1.165, 1.54) is 41.3 Å². The van der Waals surface area contributed by atoms with Gasteiger partial charge >= 0.3 is 0 Å². The maximum absolute atomic E-state index is 13.5. The van der Waals surface area contributed by atoms with Gasteiger partial charge in [-0.2, -0.15) is 10.1 Å². The van der Waals surface area contributed by atoms with Crippen molar-refractivity contribution in [3.05, 3.63) is 40.5 Å². The van der Waals surface area contributed by atoms with Crippen molar-refractivity contribution in [1.29, 1.82) is 0 Å². The third kappa shape index (κ3) is 4.36. The van der Waals surface area contributed by atoms with Gasteiger partial charge < -0.3 is 9.80 Å². The Labute approximate surface area is 210 Å². The molecule has 0 unspecified atom stereocenters. The van der Waals surface area contributed by atoms with E-state index in [2.05, 4.69) is 65.7 Å². The van der Waals surface area contributed by atoms with Crippen molar-refractivity contribution in [2.45, 2.75) is 44.4 Å². The highest BCUT2D eigenvalue weighted by molar-refractivity contribution is 14.1. The fraction of sp³-hybridized carbons (Fsp3) is 0.500. The van der Waals surface area contributed by atoms with Gasteiger partial charge in [-0.1, -0.05) is 0 Å². The number of piperidine rings is 2. The van der Waals surface area contributed by atoms with E-state index in [1.54, 1.807) is 11.1 Å². The summed E-state index contributed by atoms with van der Waals surface area (Å²) in [5.41, 5.74) is 3.62.